The van der Waals surface area contributed by atoms with Crippen LogP contribution in [0.1, 0.15) is 11.1 Å². The highest BCUT2D eigenvalue weighted by atomic mass is 19.1. The van der Waals surface area contributed by atoms with Crippen molar-refractivity contribution in [3.8, 4) is 5.75 Å². The molecule has 0 atom stereocenters. The van der Waals surface area contributed by atoms with Crippen molar-refractivity contribution in [1.29, 1.82) is 0 Å². The summed E-state index contributed by atoms with van der Waals surface area (Å²) in [5, 5.41) is 2.51. The number of ether oxygens (including phenoxy) is 1. The highest BCUT2D eigenvalue weighted by Gasteiger charge is 2.22. The first-order chi connectivity index (χ1) is 13.9. The topological polar surface area (TPSA) is 87.9 Å². The van der Waals surface area contributed by atoms with Crippen molar-refractivity contribution < 1.29 is 18.7 Å². The Kier molecular flexibility index (Phi) is 6.66. The van der Waals surface area contributed by atoms with Crippen molar-refractivity contribution in [1.82, 2.24) is 9.80 Å². The number of rotatable bonds is 6. The smallest absolute Gasteiger partial charge is 0.316 e. The average Bonchev–Trinajstić information content (AvgIpc) is 2.69. The minimum atomic E-state index is -0.691. The number of nitrogens with one attached hydrogen (secondary N) is 1. The molecule has 0 unspecified atom stereocenters. The van der Waals surface area contributed by atoms with Gasteiger partial charge in [-0.25, -0.2) is 9.18 Å². The van der Waals surface area contributed by atoms with Crippen LogP contribution in [0, 0.1) is 12.7 Å². The molecule has 1 heterocycles. The third-order valence-corrected chi connectivity index (χ3v) is 4.79. The first-order valence-electron chi connectivity index (χ1n) is 9.45. The summed E-state index contributed by atoms with van der Waals surface area (Å²) < 4.78 is 18.6. The molecular weight excluding hydrogens is 375 g/mol. The lowest BCUT2D eigenvalue weighted by molar-refractivity contribution is -0.135. The first kappa shape index (κ1) is 20.6. The maximum atomic E-state index is 13.0. The van der Waals surface area contributed by atoms with E-state index in [4.69, 9.17) is 10.5 Å². The number of urea groups is 1. The summed E-state index contributed by atoms with van der Waals surface area (Å²) in [6.07, 6.45) is 0. The number of carbonyl (C=O) groups is 2. The Labute approximate surface area is 169 Å². The van der Waals surface area contributed by atoms with Crippen LogP contribution in [0.15, 0.2) is 42.5 Å². The Morgan fingerprint density at radius 3 is 2.45 bits per heavy atom. The zero-order valence-corrected chi connectivity index (χ0v) is 16.4. The van der Waals surface area contributed by atoms with Gasteiger partial charge in [-0.3, -0.25) is 9.69 Å². The predicted octanol–water partition coefficient (Wildman–Crippen LogP) is 2.35. The Morgan fingerprint density at radius 1 is 1.10 bits per heavy atom. The normalized spacial score (nSPS) is 14.5. The minimum absolute atomic E-state index is 0.114. The van der Waals surface area contributed by atoms with Gasteiger partial charge < -0.3 is 20.7 Å². The second-order valence-corrected chi connectivity index (χ2v) is 7.06. The fraction of sp³-hybridized carbons (Fsp3) is 0.333. The average molecular weight is 400 g/mol. The number of aryl methyl sites for hydroxylation is 1. The van der Waals surface area contributed by atoms with E-state index < -0.39 is 6.03 Å². The number of piperazine rings is 1. The van der Waals surface area contributed by atoms with E-state index in [0.29, 0.717) is 24.5 Å². The zero-order valence-electron chi connectivity index (χ0n) is 16.4. The molecule has 2 aromatic carbocycles. The lowest BCUT2D eigenvalue weighted by atomic mass is 10.2. The SMILES string of the molecule is Cc1ccc(OCC(=O)N2CCN(Cc3ccc(F)cc3)CC2)c(NC(N)=O)c1. The Bertz CT molecular complexity index is 865. The van der Waals surface area contributed by atoms with E-state index in [1.165, 1.54) is 12.1 Å². The van der Waals surface area contributed by atoms with Gasteiger partial charge in [0.05, 0.1) is 5.69 Å². The number of carbonyl (C=O) groups excluding carboxylic acids is 2. The standard InChI is InChI=1S/C21H25FN4O3/c1-15-2-7-19(18(12-15)24-21(23)28)29-14-20(27)26-10-8-25(9-11-26)13-16-3-5-17(22)6-4-16/h2-7,12H,8-11,13-14H2,1H3,(H3,23,24,28). The molecular formula is C21H25FN4O3. The van der Waals surface area contributed by atoms with Crippen LogP contribution in [0.25, 0.3) is 0 Å². The third-order valence-electron chi connectivity index (χ3n) is 4.79. The Balaban J connectivity index is 1.49. The monoisotopic (exact) mass is 400 g/mol. The number of amides is 3. The fourth-order valence-corrected chi connectivity index (χ4v) is 3.23. The molecule has 0 radical (unpaired) electrons. The van der Waals surface area contributed by atoms with E-state index in [1.54, 1.807) is 29.2 Å². The Hall–Kier alpha value is -3.13. The van der Waals surface area contributed by atoms with E-state index in [1.807, 2.05) is 13.0 Å². The molecule has 0 spiro atoms. The summed E-state index contributed by atoms with van der Waals surface area (Å²) in [7, 11) is 0. The van der Waals surface area contributed by atoms with Crippen molar-refractivity contribution in [2.45, 2.75) is 13.5 Å². The summed E-state index contributed by atoms with van der Waals surface area (Å²) in [6.45, 7) is 5.17. The van der Waals surface area contributed by atoms with Crippen molar-refractivity contribution in [2.75, 3.05) is 38.1 Å². The Morgan fingerprint density at radius 2 is 1.79 bits per heavy atom. The van der Waals surface area contributed by atoms with Gasteiger partial charge >= 0.3 is 6.03 Å². The minimum Gasteiger partial charge on any atom is -0.482 e. The lowest BCUT2D eigenvalue weighted by Gasteiger charge is -2.34. The quantitative estimate of drug-likeness (QED) is 0.779. The third kappa shape index (κ3) is 5.92. The summed E-state index contributed by atoms with van der Waals surface area (Å²) in [5.74, 6) is 0.0432. The van der Waals surface area contributed by atoms with Crippen LogP contribution in [0.3, 0.4) is 0 Å². The van der Waals surface area contributed by atoms with Crippen LogP contribution < -0.4 is 15.8 Å². The molecule has 0 saturated carbocycles. The first-order valence-corrected chi connectivity index (χ1v) is 9.45. The van der Waals surface area contributed by atoms with Gasteiger partial charge in [-0.15, -0.1) is 0 Å². The summed E-state index contributed by atoms with van der Waals surface area (Å²) in [5.41, 5.74) is 7.61. The molecule has 0 bridgehead atoms. The molecule has 7 nitrogen and oxygen atoms in total. The second-order valence-electron chi connectivity index (χ2n) is 7.06. The largest absolute Gasteiger partial charge is 0.482 e. The fourth-order valence-electron chi connectivity index (χ4n) is 3.23. The van der Waals surface area contributed by atoms with Crippen LogP contribution in [0.2, 0.25) is 0 Å². The number of primary amides is 1. The van der Waals surface area contributed by atoms with Gasteiger partial charge in [-0.1, -0.05) is 18.2 Å². The van der Waals surface area contributed by atoms with E-state index in [9.17, 15) is 14.0 Å². The molecule has 154 valence electrons. The van der Waals surface area contributed by atoms with Crippen LogP contribution in [-0.2, 0) is 11.3 Å². The lowest BCUT2D eigenvalue weighted by Crippen LogP contribution is -2.49. The molecule has 0 aliphatic carbocycles. The van der Waals surface area contributed by atoms with Crippen LogP contribution in [0.5, 0.6) is 5.75 Å². The summed E-state index contributed by atoms with van der Waals surface area (Å²) in [6, 6.07) is 11.1. The van der Waals surface area contributed by atoms with Crippen molar-refractivity contribution in [2.24, 2.45) is 5.73 Å². The maximum absolute atomic E-state index is 13.0. The van der Waals surface area contributed by atoms with Gasteiger partial charge in [0.15, 0.2) is 6.61 Å². The second kappa shape index (κ2) is 9.38. The number of anilines is 1. The van der Waals surface area contributed by atoms with E-state index >= 15 is 0 Å². The van der Waals surface area contributed by atoms with Gasteiger partial charge in [0.25, 0.3) is 5.91 Å². The molecule has 3 amide bonds. The molecule has 8 heteroatoms. The van der Waals surface area contributed by atoms with Gasteiger partial charge in [0, 0.05) is 32.7 Å². The molecule has 3 N–H and O–H groups in total. The number of hydrogen-bond acceptors (Lipinski definition) is 4. The van der Waals surface area contributed by atoms with Gasteiger partial charge in [0.1, 0.15) is 11.6 Å². The molecule has 29 heavy (non-hydrogen) atoms. The van der Waals surface area contributed by atoms with E-state index in [0.717, 1.165) is 30.8 Å². The van der Waals surface area contributed by atoms with Crippen LogP contribution in [-0.4, -0.2) is 54.5 Å². The molecule has 1 fully saturated rings. The molecule has 3 rings (SSSR count). The highest BCUT2D eigenvalue weighted by Crippen LogP contribution is 2.25. The van der Waals surface area contributed by atoms with Gasteiger partial charge in [-0.05, 0) is 42.3 Å². The van der Waals surface area contributed by atoms with Crippen molar-refractivity contribution in [3.63, 3.8) is 0 Å². The number of halogens is 1. The van der Waals surface area contributed by atoms with Crippen LogP contribution in [0.4, 0.5) is 14.9 Å². The highest BCUT2D eigenvalue weighted by molar-refractivity contribution is 5.90. The van der Waals surface area contributed by atoms with Gasteiger partial charge in [0.2, 0.25) is 0 Å². The van der Waals surface area contributed by atoms with Crippen molar-refractivity contribution in [3.05, 3.63) is 59.4 Å². The molecule has 1 aliphatic heterocycles. The summed E-state index contributed by atoms with van der Waals surface area (Å²) in [4.78, 5) is 27.6. The van der Waals surface area contributed by atoms with E-state index in [-0.39, 0.29) is 18.3 Å². The zero-order chi connectivity index (χ0) is 20.8. The number of nitrogens with zero attached hydrogens (tertiary/aromatic N) is 2. The number of hydrogen-bond donors (Lipinski definition) is 2. The molecule has 1 aliphatic rings. The van der Waals surface area contributed by atoms with Gasteiger partial charge in [-0.2, -0.15) is 0 Å². The van der Waals surface area contributed by atoms with Crippen LogP contribution >= 0.6 is 0 Å². The molecule has 2 aromatic rings. The van der Waals surface area contributed by atoms with Crippen molar-refractivity contribution >= 4 is 17.6 Å². The summed E-state index contributed by atoms with van der Waals surface area (Å²) >= 11 is 0. The molecule has 1 saturated heterocycles. The maximum Gasteiger partial charge on any atom is 0.316 e. The number of benzene rings is 2. The molecule has 0 aromatic heterocycles. The number of nitrogens with two attached hydrogens (primary N) is 1. The predicted molar refractivity (Wildman–Crippen MR) is 108 cm³/mol. The van der Waals surface area contributed by atoms with E-state index in [2.05, 4.69) is 10.2 Å².